The van der Waals surface area contributed by atoms with E-state index in [1.165, 1.54) is 31.7 Å². The molecule has 1 atom stereocenters. The van der Waals surface area contributed by atoms with Gasteiger partial charge in [-0.3, -0.25) is 10.0 Å². The van der Waals surface area contributed by atoms with Crippen molar-refractivity contribution in [3.8, 4) is 5.75 Å². The molecule has 2 rings (SSSR count). The highest BCUT2D eigenvalue weighted by Crippen LogP contribution is 2.42. The molecule has 0 aromatic heterocycles. The summed E-state index contributed by atoms with van der Waals surface area (Å²) in [5.74, 6) is -1.75. The first-order valence-corrected chi connectivity index (χ1v) is 9.03. The first-order chi connectivity index (χ1) is 13.7. The molecule has 0 amide bonds. The highest BCUT2D eigenvalue weighted by molar-refractivity contribution is 6.37. The number of benzene rings is 2. The van der Waals surface area contributed by atoms with Gasteiger partial charge in [0.15, 0.2) is 5.75 Å². The maximum Gasteiger partial charge on any atom is 0.399 e. The third-order valence-corrected chi connectivity index (χ3v) is 4.55. The van der Waals surface area contributed by atoms with Gasteiger partial charge in [0.1, 0.15) is 6.34 Å². The Morgan fingerprint density at radius 1 is 1.14 bits per heavy atom. The summed E-state index contributed by atoms with van der Waals surface area (Å²) in [6, 6.07) is 9.23. The Bertz CT molecular complexity index is 889. The van der Waals surface area contributed by atoms with Crippen LogP contribution in [0.2, 0.25) is 10.0 Å². The van der Waals surface area contributed by atoms with Crippen molar-refractivity contribution in [3.63, 3.8) is 0 Å². The third kappa shape index (κ3) is 5.98. The van der Waals surface area contributed by atoms with E-state index >= 15 is 0 Å². The summed E-state index contributed by atoms with van der Waals surface area (Å²) in [6.07, 6.45) is -0.785. The van der Waals surface area contributed by atoms with Crippen LogP contribution >= 0.6 is 23.2 Å². The van der Waals surface area contributed by atoms with Crippen molar-refractivity contribution in [2.45, 2.75) is 12.1 Å². The molecule has 9 heteroatoms. The number of aliphatic imine (C=N–C) groups is 1. The maximum absolute atomic E-state index is 13.6. The van der Waals surface area contributed by atoms with Gasteiger partial charge in [0.25, 0.3) is 0 Å². The van der Waals surface area contributed by atoms with Gasteiger partial charge in [0.2, 0.25) is 0 Å². The molecular weight excluding hydrogens is 426 g/mol. The van der Waals surface area contributed by atoms with Crippen molar-refractivity contribution in [1.29, 1.82) is 0 Å². The molecule has 2 aromatic rings. The van der Waals surface area contributed by atoms with Crippen LogP contribution in [0.15, 0.2) is 52.6 Å². The molecule has 0 radical (unpaired) electrons. The number of halogens is 5. The Balaban J connectivity index is 2.31. The third-order valence-electron chi connectivity index (χ3n) is 3.99. The van der Waals surface area contributed by atoms with E-state index in [1.54, 1.807) is 36.3 Å². The Morgan fingerprint density at radius 2 is 1.72 bits per heavy atom. The number of nitrogens with zero attached hydrogens (tertiary/aromatic N) is 3. The zero-order chi connectivity index (χ0) is 21.6. The second kappa shape index (κ2) is 9.80. The number of hydrogen-bond acceptors (Lipinski definition) is 3. The van der Waals surface area contributed by atoms with E-state index < -0.39 is 12.1 Å². The van der Waals surface area contributed by atoms with E-state index in [0.29, 0.717) is 5.56 Å². The van der Waals surface area contributed by atoms with E-state index in [9.17, 15) is 13.2 Å². The second-order valence-corrected chi connectivity index (χ2v) is 6.74. The maximum atomic E-state index is 13.6. The quantitative estimate of drug-likeness (QED) is 0.280. The topological polar surface area (TPSA) is 37.2 Å². The second-order valence-electron chi connectivity index (χ2n) is 5.92. The fraction of sp³-hybridized carbons (Fsp3) is 0.200. The number of rotatable bonds is 7. The van der Waals surface area contributed by atoms with Gasteiger partial charge in [-0.15, -0.1) is 0 Å². The largest absolute Gasteiger partial charge is 0.494 e. The first-order valence-electron chi connectivity index (χ1n) is 8.27. The standard InChI is InChI=1S/C20H18Cl2F3N3O/c1-26-12-27-28(2)15-7-4-13(5-8-15)6-9-16(20(23,24)25)14-10-17(21)19(29-3)18(22)11-14/h4-12,16H,1H2,2-3H3/b9-6+,27-12-. The van der Waals surface area contributed by atoms with Gasteiger partial charge < -0.3 is 4.74 Å². The molecule has 0 aliphatic carbocycles. The molecule has 4 nitrogen and oxygen atoms in total. The molecule has 0 spiro atoms. The fourth-order valence-corrected chi connectivity index (χ4v) is 3.21. The van der Waals surface area contributed by atoms with Crippen LogP contribution in [0.25, 0.3) is 6.08 Å². The molecule has 0 heterocycles. The van der Waals surface area contributed by atoms with E-state index in [0.717, 1.165) is 11.8 Å². The average Bonchev–Trinajstić information content (AvgIpc) is 2.65. The van der Waals surface area contributed by atoms with Gasteiger partial charge in [-0.1, -0.05) is 47.5 Å². The van der Waals surface area contributed by atoms with Crippen LogP contribution in [-0.2, 0) is 0 Å². The Hall–Kier alpha value is -2.51. The number of allylic oxidation sites excluding steroid dienone is 1. The molecule has 0 N–H and O–H groups in total. The van der Waals surface area contributed by atoms with Crippen LogP contribution in [-0.4, -0.2) is 33.4 Å². The fourth-order valence-electron chi connectivity index (χ4n) is 2.55. The normalized spacial score (nSPS) is 13.1. The first kappa shape index (κ1) is 22.8. The molecule has 0 fully saturated rings. The molecule has 0 aliphatic rings. The lowest BCUT2D eigenvalue weighted by Gasteiger charge is -2.19. The molecule has 0 saturated carbocycles. The number of hydrazone groups is 1. The van der Waals surface area contributed by atoms with E-state index in [4.69, 9.17) is 27.9 Å². The van der Waals surface area contributed by atoms with Gasteiger partial charge in [-0.2, -0.15) is 18.3 Å². The molecule has 2 aromatic carbocycles. The van der Waals surface area contributed by atoms with Crippen LogP contribution in [0, 0.1) is 0 Å². The van der Waals surface area contributed by atoms with Crippen molar-refractivity contribution in [2.24, 2.45) is 10.1 Å². The molecule has 154 valence electrons. The molecule has 1 unspecified atom stereocenters. The van der Waals surface area contributed by atoms with Crippen molar-refractivity contribution in [1.82, 2.24) is 0 Å². The summed E-state index contributed by atoms with van der Waals surface area (Å²) in [5.41, 5.74) is 1.25. The lowest BCUT2D eigenvalue weighted by Crippen LogP contribution is -2.19. The summed E-state index contributed by atoms with van der Waals surface area (Å²) in [5, 5.41) is 5.58. The molecule has 0 saturated heterocycles. The molecule has 0 aliphatic heterocycles. The lowest BCUT2D eigenvalue weighted by atomic mass is 9.97. The summed E-state index contributed by atoms with van der Waals surface area (Å²) in [7, 11) is 3.05. The highest BCUT2D eigenvalue weighted by Gasteiger charge is 2.39. The monoisotopic (exact) mass is 443 g/mol. The number of ether oxygens (including phenoxy) is 1. The zero-order valence-electron chi connectivity index (χ0n) is 15.6. The smallest absolute Gasteiger partial charge is 0.399 e. The summed E-state index contributed by atoms with van der Waals surface area (Å²) in [4.78, 5) is 3.51. The minimum atomic E-state index is -4.52. The number of methoxy groups -OCH3 is 1. The summed E-state index contributed by atoms with van der Waals surface area (Å²) in [6.45, 7) is 3.30. The summed E-state index contributed by atoms with van der Waals surface area (Å²) >= 11 is 12.0. The van der Waals surface area contributed by atoms with Gasteiger partial charge >= 0.3 is 6.18 Å². The molecule has 29 heavy (non-hydrogen) atoms. The van der Waals surface area contributed by atoms with Crippen LogP contribution in [0.5, 0.6) is 5.75 Å². The van der Waals surface area contributed by atoms with Crippen molar-refractivity contribution >= 4 is 48.0 Å². The van der Waals surface area contributed by atoms with Crippen LogP contribution in [0.3, 0.4) is 0 Å². The van der Waals surface area contributed by atoms with Gasteiger partial charge in [-0.05, 0) is 42.1 Å². The Kier molecular flexibility index (Phi) is 7.70. The van der Waals surface area contributed by atoms with E-state index in [1.807, 2.05) is 0 Å². The number of hydrogen-bond donors (Lipinski definition) is 0. The zero-order valence-corrected chi connectivity index (χ0v) is 17.1. The van der Waals surface area contributed by atoms with Gasteiger partial charge in [0.05, 0.1) is 28.8 Å². The van der Waals surface area contributed by atoms with E-state index in [2.05, 4.69) is 16.8 Å². The van der Waals surface area contributed by atoms with Crippen LogP contribution < -0.4 is 9.75 Å². The molecular formula is C20H18Cl2F3N3O. The predicted molar refractivity (Wildman–Crippen MR) is 114 cm³/mol. The van der Waals surface area contributed by atoms with Gasteiger partial charge in [0, 0.05) is 7.05 Å². The average molecular weight is 444 g/mol. The number of alkyl halides is 3. The summed E-state index contributed by atoms with van der Waals surface area (Å²) < 4.78 is 45.9. The Morgan fingerprint density at radius 3 is 2.21 bits per heavy atom. The van der Waals surface area contributed by atoms with Crippen molar-refractivity contribution in [3.05, 3.63) is 63.6 Å². The minimum absolute atomic E-state index is 0.0135. The van der Waals surface area contributed by atoms with Crippen molar-refractivity contribution < 1.29 is 17.9 Å². The van der Waals surface area contributed by atoms with Gasteiger partial charge in [-0.25, -0.2) is 0 Å². The highest BCUT2D eigenvalue weighted by atomic mass is 35.5. The minimum Gasteiger partial charge on any atom is -0.494 e. The van der Waals surface area contributed by atoms with Crippen LogP contribution in [0.1, 0.15) is 17.0 Å². The Labute approximate surface area is 176 Å². The van der Waals surface area contributed by atoms with E-state index in [-0.39, 0.29) is 21.4 Å². The van der Waals surface area contributed by atoms with Crippen molar-refractivity contribution in [2.75, 3.05) is 19.2 Å². The molecule has 0 bridgehead atoms. The number of anilines is 1. The SMILES string of the molecule is C=N/C=N\N(C)c1ccc(/C=C/C(c2cc(Cl)c(OC)c(Cl)c2)C(F)(F)F)cc1. The predicted octanol–water partition coefficient (Wildman–Crippen LogP) is 6.44. The van der Waals surface area contributed by atoms with Crippen LogP contribution in [0.4, 0.5) is 18.9 Å². The lowest BCUT2D eigenvalue weighted by molar-refractivity contribution is -0.139.